The fourth-order valence-electron chi connectivity index (χ4n) is 0.727. The summed E-state index contributed by atoms with van der Waals surface area (Å²) in [4.78, 5) is 0. The predicted molar refractivity (Wildman–Crippen MR) is 45.6 cm³/mol. The van der Waals surface area contributed by atoms with Crippen molar-refractivity contribution in [3.63, 3.8) is 0 Å². The molecule has 1 aromatic carbocycles. The largest absolute Gasteiger partial charge is 0.507 e. The fourth-order valence-corrected chi connectivity index (χ4v) is 0.908. The van der Waals surface area contributed by atoms with Crippen molar-refractivity contribution in [2.45, 2.75) is 0 Å². The Labute approximate surface area is 74.1 Å². The molecule has 0 atom stereocenters. The minimum Gasteiger partial charge on any atom is -0.507 e. The van der Waals surface area contributed by atoms with Gasteiger partial charge in [-0.1, -0.05) is 11.6 Å². The molecule has 0 fully saturated rings. The van der Waals surface area contributed by atoms with E-state index in [-0.39, 0.29) is 5.75 Å². The summed E-state index contributed by atoms with van der Waals surface area (Å²) < 4.78 is 0. The van der Waals surface area contributed by atoms with Gasteiger partial charge < -0.3 is 5.11 Å². The van der Waals surface area contributed by atoms with Gasteiger partial charge >= 0.3 is 0 Å². The lowest BCUT2D eigenvalue weighted by Crippen LogP contribution is -1.95. The Morgan fingerprint density at radius 1 is 1.50 bits per heavy atom. The second-order valence-electron chi connectivity index (χ2n) is 2.06. The zero-order valence-corrected chi connectivity index (χ0v) is 6.78. The van der Waals surface area contributed by atoms with E-state index < -0.39 is 0 Å². The molecule has 1 rings (SSSR count). The Morgan fingerprint density at radius 3 is 2.92 bits per heavy atom. The van der Waals surface area contributed by atoms with Crippen LogP contribution >= 0.6 is 11.6 Å². The number of halogens is 1. The van der Waals surface area contributed by atoms with Crippen molar-refractivity contribution in [2.24, 2.45) is 5.10 Å². The molecule has 0 radical (unpaired) electrons. The van der Waals surface area contributed by atoms with Gasteiger partial charge in [0.2, 0.25) is 0 Å². The lowest BCUT2D eigenvalue weighted by atomic mass is 10.2. The van der Waals surface area contributed by atoms with E-state index in [1.807, 2.05) is 0 Å². The van der Waals surface area contributed by atoms with Gasteiger partial charge in [0.05, 0.1) is 6.21 Å². The van der Waals surface area contributed by atoms with Crippen LogP contribution in [0, 0.1) is 0 Å². The molecule has 5 heteroatoms. The fraction of sp³-hybridized carbons (Fsp3) is 0. The summed E-state index contributed by atoms with van der Waals surface area (Å²) in [6.07, 6.45) is 1.25. The van der Waals surface area contributed by atoms with Crippen molar-refractivity contribution in [3.05, 3.63) is 28.8 Å². The number of hydrogen-bond donors (Lipinski definition) is 3. The summed E-state index contributed by atoms with van der Waals surface area (Å²) in [5.74, 6) is 0.0541. The van der Waals surface area contributed by atoms with Gasteiger partial charge in [-0.3, -0.25) is 5.21 Å². The number of benzene rings is 1. The zero-order chi connectivity index (χ0) is 8.97. The van der Waals surface area contributed by atoms with Gasteiger partial charge in [-0.15, -0.1) is 0 Å². The van der Waals surface area contributed by atoms with Crippen molar-refractivity contribution < 1.29 is 10.3 Å². The smallest absolute Gasteiger partial charge is 0.124 e. The van der Waals surface area contributed by atoms with Gasteiger partial charge in [-0.25, -0.2) is 0 Å². The molecule has 0 bridgehead atoms. The van der Waals surface area contributed by atoms with E-state index in [0.29, 0.717) is 10.6 Å². The molecule has 0 aliphatic heterocycles. The normalized spacial score (nSPS) is 10.5. The summed E-state index contributed by atoms with van der Waals surface area (Å²) in [5.41, 5.74) is 2.01. The quantitative estimate of drug-likeness (QED) is 0.483. The summed E-state index contributed by atoms with van der Waals surface area (Å²) >= 11 is 5.64. The first kappa shape index (κ1) is 8.83. The number of nitrogens with zero attached hydrogens (tertiary/aromatic N) is 1. The van der Waals surface area contributed by atoms with Crippen molar-refractivity contribution in [1.82, 2.24) is 5.59 Å². The van der Waals surface area contributed by atoms with Crippen molar-refractivity contribution in [2.75, 3.05) is 0 Å². The van der Waals surface area contributed by atoms with E-state index >= 15 is 0 Å². The van der Waals surface area contributed by atoms with E-state index in [1.54, 1.807) is 11.7 Å². The van der Waals surface area contributed by atoms with E-state index in [9.17, 15) is 5.11 Å². The number of phenolic OH excluding ortho intramolecular Hbond substituents is 1. The summed E-state index contributed by atoms with van der Waals surface area (Å²) in [7, 11) is 0. The molecule has 0 saturated carbocycles. The van der Waals surface area contributed by atoms with Crippen LogP contribution in [0.3, 0.4) is 0 Å². The third-order valence-electron chi connectivity index (χ3n) is 1.25. The Hall–Kier alpha value is -1.26. The van der Waals surface area contributed by atoms with Crippen molar-refractivity contribution in [3.8, 4) is 5.75 Å². The molecule has 64 valence electrons. The molecule has 0 amide bonds. The first-order valence-corrected chi connectivity index (χ1v) is 3.52. The summed E-state index contributed by atoms with van der Waals surface area (Å²) in [6.45, 7) is 0. The number of hydrogen-bond acceptors (Lipinski definition) is 4. The third kappa shape index (κ3) is 2.11. The van der Waals surface area contributed by atoms with Gasteiger partial charge in [0, 0.05) is 10.6 Å². The van der Waals surface area contributed by atoms with Crippen LogP contribution in [0.5, 0.6) is 5.75 Å². The van der Waals surface area contributed by atoms with Crippen molar-refractivity contribution >= 4 is 17.8 Å². The average Bonchev–Trinajstić information content (AvgIpc) is 2.07. The second kappa shape index (κ2) is 3.94. The molecule has 0 spiro atoms. The van der Waals surface area contributed by atoms with Crippen LogP contribution < -0.4 is 5.59 Å². The molecule has 0 heterocycles. The Balaban J connectivity index is 2.97. The van der Waals surface area contributed by atoms with Crippen LogP contribution in [0.15, 0.2) is 23.3 Å². The maximum atomic E-state index is 9.20. The van der Waals surface area contributed by atoms with Crippen molar-refractivity contribution in [1.29, 1.82) is 0 Å². The molecule has 0 saturated heterocycles. The predicted octanol–water partition coefficient (Wildman–Crippen LogP) is 1.36. The molecule has 3 N–H and O–H groups in total. The SMILES string of the molecule is ONN=Cc1cc(Cl)ccc1O. The molecule has 0 aliphatic rings. The first-order chi connectivity index (χ1) is 5.74. The molecular weight excluding hydrogens is 180 g/mol. The van der Waals surface area contributed by atoms with Gasteiger partial charge in [-0.2, -0.15) is 10.7 Å². The lowest BCUT2D eigenvalue weighted by molar-refractivity contribution is 0.173. The van der Waals surface area contributed by atoms with Crippen LogP contribution in [-0.2, 0) is 0 Å². The third-order valence-corrected chi connectivity index (χ3v) is 1.49. The number of rotatable bonds is 2. The molecule has 0 aromatic heterocycles. The van der Waals surface area contributed by atoms with Crippen LogP contribution in [0.2, 0.25) is 5.02 Å². The number of hydrazone groups is 1. The highest BCUT2D eigenvalue weighted by atomic mass is 35.5. The minimum atomic E-state index is 0.0541. The minimum absolute atomic E-state index is 0.0541. The van der Waals surface area contributed by atoms with Crippen LogP contribution in [0.25, 0.3) is 0 Å². The first-order valence-electron chi connectivity index (χ1n) is 3.14. The van der Waals surface area contributed by atoms with Gasteiger partial charge in [-0.05, 0) is 18.2 Å². The molecule has 4 nitrogen and oxygen atoms in total. The van der Waals surface area contributed by atoms with E-state index in [0.717, 1.165) is 0 Å². The van der Waals surface area contributed by atoms with Gasteiger partial charge in [0.1, 0.15) is 5.75 Å². The standard InChI is InChI=1S/C7H7ClN2O2/c8-6-1-2-7(11)5(3-6)4-9-10-12/h1-4,10-12H. The van der Waals surface area contributed by atoms with Crippen LogP contribution in [-0.4, -0.2) is 16.5 Å². The Bertz CT molecular complexity index is 301. The monoisotopic (exact) mass is 186 g/mol. The number of nitrogens with one attached hydrogen (secondary N) is 1. The number of aromatic hydroxyl groups is 1. The van der Waals surface area contributed by atoms with E-state index in [1.165, 1.54) is 18.3 Å². The molecule has 1 aromatic rings. The molecule has 0 unspecified atom stereocenters. The van der Waals surface area contributed by atoms with E-state index in [4.69, 9.17) is 16.8 Å². The highest BCUT2D eigenvalue weighted by molar-refractivity contribution is 6.30. The summed E-state index contributed by atoms with van der Waals surface area (Å²) in [6, 6.07) is 4.53. The summed E-state index contributed by atoms with van der Waals surface area (Å²) in [5, 5.41) is 21.1. The number of phenols is 1. The maximum absolute atomic E-state index is 9.20. The van der Waals surface area contributed by atoms with Gasteiger partial charge in [0.15, 0.2) is 0 Å². The Kier molecular flexibility index (Phi) is 2.90. The maximum Gasteiger partial charge on any atom is 0.124 e. The highest BCUT2D eigenvalue weighted by Gasteiger charge is 1.97. The van der Waals surface area contributed by atoms with Gasteiger partial charge in [0.25, 0.3) is 0 Å². The molecule has 12 heavy (non-hydrogen) atoms. The molecular formula is C7H7ClN2O2. The highest BCUT2D eigenvalue weighted by Crippen LogP contribution is 2.19. The molecule has 0 aliphatic carbocycles. The topological polar surface area (TPSA) is 64.8 Å². The average molecular weight is 187 g/mol. The van der Waals surface area contributed by atoms with Crippen LogP contribution in [0.4, 0.5) is 0 Å². The zero-order valence-electron chi connectivity index (χ0n) is 6.03. The lowest BCUT2D eigenvalue weighted by Gasteiger charge is -1.97. The van der Waals surface area contributed by atoms with E-state index in [2.05, 4.69) is 5.10 Å². The van der Waals surface area contributed by atoms with Crippen LogP contribution in [0.1, 0.15) is 5.56 Å². The Morgan fingerprint density at radius 2 is 2.25 bits per heavy atom. The second-order valence-corrected chi connectivity index (χ2v) is 2.50.